The van der Waals surface area contributed by atoms with E-state index in [0.717, 1.165) is 0 Å². The highest BCUT2D eigenvalue weighted by molar-refractivity contribution is 6.07. The molecule has 8 nitrogen and oxygen atoms in total. The van der Waals surface area contributed by atoms with Crippen LogP contribution in [0, 0.1) is 0 Å². The van der Waals surface area contributed by atoms with E-state index in [9.17, 15) is 14.4 Å². The molecule has 0 saturated heterocycles. The summed E-state index contributed by atoms with van der Waals surface area (Å²) in [6, 6.07) is 9.61. The summed E-state index contributed by atoms with van der Waals surface area (Å²) in [6.45, 7) is 1.73. The number of ether oxygens (including phenoxy) is 2. The Balaban J connectivity index is 1.87. The fraction of sp³-hybridized carbons (Fsp3) is 0.348. The van der Waals surface area contributed by atoms with E-state index in [1.807, 2.05) is 38.0 Å². The van der Waals surface area contributed by atoms with E-state index in [2.05, 4.69) is 0 Å². The van der Waals surface area contributed by atoms with Gasteiger partial charge in [0.2, 0.25) is 0 Å². The highest BCUT2D eigenvalue weighted by Crippen LogP contribution is 2.25. The molecule has 1 heterocycles. The Morgan fingerprint density at radius 1 is 0.774 bits per heavy atom. The van der Waals surface area contributed by atoms with Crippen LogP contribution in [0.2, 0.25) is 0 Å². The van der Waals surface area contributed by atoms with Gasteiger partial charge in [0.15, 0.2) is 0 Å². The minimum atomic E-state index is -0.594. The zero-order chi connectivity index (χ0) is 22.5. The van der Waals surface area contributed by atoms with E-state index in [1.165, 1.54) is 12.1 Å². The molecule has 0 aliphatic heterocycles. The first-order valence-corrected chi connectivity index (χ1v) is 9.90. The van der Waals surface area contributed by atoms with Gasteiger partial charge in [0, 0.05) is 18.5 Å². The van der Waals surface area contributed by atoms with E-state index < -0.39 is 17.6 Å². The minimum absolute atomic E-state index is 0.254. The Bertz CT molecular complexity index is 1170. The Morgan fingerprint density at radius 2 is 1.29 bits per heavy atom. The predicted molar refractivity (Wildman–Crippen MR) is 118 cm³/mol. The fourth-order valence-corrected chi connectivity index (χ4v) is 2.99. The van der Waals surface area contributed by atoms with Crippen LogP contribution in [-0.4, -0.2) is 76.2 Å². The average Bonchev–Trinajstić information content (AvgIpc) is 2.72. The Hall–Kier alpha value is -3.23. The summed E-state index contributed by atoms with van der Waals surface area (Å²) in [6.07, 6.45) is 0. The normalized spacial score (nSPS) is 11.4. The summed E-state index contributed by atoms with van der Waals surface area (Å²) in [5, 5.41) is 1.56. The molecule has 0 aliphatic carbocycles. The van der Waals surface area contributed by atoms with Crippen molar-refractivity contribution < 1.29 is 23.5 Å². The molecule has 1 aromatic heterocycles. The molecular weight excluding hydrogens is 400 g/mol. The van der Waals surface area contributed by atoms with Gasteiger partial charge in [-0.05, 0) is 63.9 Å². The monoisotopic (exact) mass is 426 g/mol. The molecule has 0 atom stereocenters. The third kappa shape index (κ3) is 5.48. The highest BCUT2D eigenvalue weighted by Gasteiger charge is 2.15. The van der Waals surface area contributed by atoms with Crippen LogP contribution in [0.3, 0.4) is 0 Å². The third-order valence-electron chi connectivity index (χ3n) is 4.73. The number of likely N-dealkylation sites (N-methyl/N-ethyl adjacent to an activating group) is 2. The smallest absolute Gasteiger partial charge is 0.344 e. The van der Waals surface area contributed by atoms with Gasteiger partial charge in [0.05, 0.1) is 16.5 Å². The number of nitrogens with zero attached hydrogens (tertiary/aromatic N) is 2. The quantitative estimate of drug-likeness (QED) is 0.308. The first-order valence-electron chi connectivity index (χ1n) is 9.90. The molecule has 8 heteroatoms. The maximum Gasteiger partial charge on any atom is 0.344 e. The van der Waals surface area contributed by atoms with Crippen LogP contribution in [0.5, 0.6) is 0 Å². The van der Waals surface area contributed by atoms with E-state index in [1.54, 1.807) is 24.3 Å². The third-order valence-corrected chi connectivity index (χ3v) is 4.73. The molecule has 0 amide bonds. The van der Waals surface area contributed by atoms with Crippen LogP contribution in [0.15, 0.2) is 45.6 Å². The SMILES string of the molecule is CN(C)CCOC(=O)c1ccc2c(c1)oc(=O)c1cc(C(=O)OCCN(C)C)ccc12. The van der Waals surface area contributed by atoms with Crippen LogP contribution in [0.4, 0.5) is 0 Å². The molecule has 2 aromatic carbocycles. The van der Waals surface area contributed by atoms with E-state index in [0.29, 0.717) is 29.4 Å². The molecule has 0 unspecified atom stereocenters. The Morgan fingerprint density at radius 3 is 1.84 bits per heavy atom. The number of carbonyl (C=O) groups is 2. The van der Waals surface area contributed by atoms with Crippen molar-refractivity contribution in [2.24, 2.45) is 0 Å². The van der Waals surface area contributed by atoms with Crippen molar-refractivity contribution in [1.29, 1.82) is 0 Å². The molecule has 0 N–H and O–H groups in total. The Labute approximate surface area is 179 Å². The van der Waals surface area contributed by atoms with Crippen molar-refractivity contribution in [3.63, 3.8) is 0 Å². The standard InChI is InChI=1S/C23H26N2O6/c1-24(2)9-11-29-21(26)15-5-7-17-18-8-6-16(22(27)30-12-10-25(3)4)14-20(18)31-23(28)19(17)13-15/h5-8,13-14H,9-12H2,1-4H3. The second-order valence-electron chi connectivity index (χ2n) is 7.74. The second kappa shape index (κ2) is 9.72. The van der Waals surface area contributed by atoms with Gasteiger partial charge in [0.25, 0.3) is 0 Å². The first kappa shape index (κ1) is 22.5. The van der Waals surface area contributed by atoms with E-state index >= 15 is 0 Å². The molecule has 0 fully saturated rings. The van der Waals surface area contributed by atoms with Crippen LogP contribution >= 0.6 is 0 Å². The van der Waals surface area contributed by atoms with Gasteiger partial charge >= 0.3 is 17.6 Å². The van der Waals surface area contributed by atoms with Crippen LogP contribution in [-0.2, 0) is 9.47 Å². The van der Waals surface area contributed by atoms with E-state index in [4.69, 9.17) is 13.9 Å². The lowest BCUT2D eigenvalue weighted by atomic mass is 10.0. The number of rotatable bonds is 8. The van der Waals surface area contributed by atoms with Gasteiger partial charge in [-0.2, -0.15) is 0 Å². The lowest BCUT2D eigenvalue weighted by Crippen LogP contribution is -2.20. The number of esters is 2. The van der Waals surface area contributed by atoms with Crippen LogP contribution < -0.4 is 5.63 Å². The molecule has 0 saturated carbocycles. The highest BCUT2D eigenvalue weighted by atomic mass is 16.5. The average molecular weight is 426 g/mol. The number of benzene rings is 2. The number of carbonyl (C=O) groups excluding carboxylic acids is 2. The van der Waals surface area contributed by atoms with Gasteiger partial charge in [-0.3, -0.25) is 0 Å². The summed E-state index contributed by atoms with van der Waals surface area (Å²) in [5.41, 5.74) is 0.262. The van der Waals surface area contributed by atoms with Crippen molar-refractivity contribution in [2.45, 2.75) is 0 Å². The molecule has 0 spiro atoms. The number of fused-ring (bicyclic) bond motifs is 3. The predicted octanol–water partition coefficient (Wildman–Crippen LogP) is 2.38. The van der Waals surface area contributed by atoms with Crippen molar-refractivity contribution in [3.05, 3.63) is 57.9 Å². The van der Waals surface area contributed by atoms with Crippen molar-refractivity contribution >= 4 is 33.7 Å². The number of hydrogen-bond acceptors (Lipinski definition) is 8. The fourth-order valence-electron chi connectivity index (χ4n) is 2.99. The van der Waals surface area contributed by atoms with Crippen LogP contribution in [0.25, 0.3) is 21.7 Å². The lowest BCUT2D eigenvalue weighted by Gasteiger charge is -2.11. The summed E-state index contributed by atoms with van der Waals surface area (Å²) in [5.74, 6) is -0.985. The van der Waals surface area contributed by atoms with E-state index in [-0.39, 0.29) is 29.7 Å². The largest absolute Gasteiger partial charge is 0.461 e. The topological polar surface area (TPSA) is 89.3 Å². The van der Waals surface area contributed by atoms with Gasteiger partial charge in [-0.15, -0.1) is 0 Å². The summed E-state index contributed by atoms with van der Waals surface area (Å²) in [7, 11) is 7.54. The summed E-state index contributed by atoms with van der Waals surface area (Å²) < 4.78 is 15.9. The van der Waals surface area contributed by atoms with Gasteiger partial charge < -0.3 is 23.7 Å². The molecule has 3 rings (SSSR count). The maximum absolute atomic E-state index is 12.6. The lowest BCUT2D eigenvalue weighted by molar-refractivity contribution is 0.0472. The zero-order valence-corrected chi connectivity index (χ0v) is 18.1. The Kier molecular flexibility index (Phi) is 7.04. The maximum atomic E-state index is 12.6. The molecule has 0 radical (unpaired) electrons. The van der Waals surface area contributed by atoms with Crippen molar-refractivity contribution in [3.8, 4) is 0 Å². The van der Waals surface area contributed by atoms with Crippen molar-refractivity contribution in [2.75, 3.05) is 54.5 Å². The van der Waals surface area contributed by atoms with Crippen LogP contribution in [0.1, 0.15) is 20.7 Å². The van der Waals surface area contributed by atoms with Gasteiger partial charge in [-0.25, -0.2) is 14.4 Å². The summed E-state index contributed by atoms with van der Waals surface area (Å²) in [4.78, 5) is 40.9. The molecular formula is C23H26N2O6. The first-order chi connectivity index (χ1) is 14.8. The molecule has 3 aromatic rings. The molecule has 0 aliphatic rings. The second-order valence-corrected chi connectivity index (χ2v) is 7.74. The number of hydrogen-bond donors (Lipinski definition) is 0. The van der Waals surface area contributed by atoms with Gasteiger partial charge in [0.1, 0.15) is 18.8 Å². The summed E-state index contributed by atoms with van der Waals surface area (Å²) >= 11 is 0. The van der Waals surface area contributed by atoms with Gasteiger partial charge in [-0.1, -0.05) is 6.07 Å². The zero-order valence-electron chi connectivity index (χ0n) is 18.1. The molecule has 164 valence electrons. The molecule has 0 bridgehead atoms. The minimum Gasteiger partial charge on any atom is -0.461 e. The van der Waals surface area contributed by atoms with Crippen molar-refractivity contribution in [1.82, 2.24) is 9.80 Å². The molecule has 31 heavy (non-hydrogen) atoms.